The van der Waals surface area contributed by atoms with Crippen LogP contribution in [-0.2, 0) is 0 Å². The lowest BCUT2D eigenvalue weighted by atomic mass is 10.2. The Hall–Kier alpha value is -1.10. The summed E-state index contributed by atoms with van der Waals surface area (Å²) in [6.45, 7) is 1.63. The summed E-state index contributed by atoms with van der Waals surface area (Å²) in [5.74, 6) is -0.872. The molecule has 1 aromatic rings. The van der Waals surface area contributed by atoms with E-state index in [1.54, 1.807) is 6.92 Å². The van der Waals surface area contributed by atoms with E-state index in [4.69, 9.17) is 0 Å². The Morgan fingerprint density at radius 1 is 1.58 bits per heavy atom. The molecule has 0 N–H and O–H groups in total. The molecule has 0 saturated heterocycles. The van der Waals surface area contributed by atoms with Gasteiger partial charge in [0.1, 0.15) is 0 Å². The van der Waals surface area contributed by atoms with Crippen molar-refractivity contribution in [2.24, 2.45) is 0 Å². The first-order valence-corrected chi connectivity index (χ1v) is 3.61. The minimum atomic E-state index is -0.872. The minimum absolute atomic E-state index is 0.0317. The number of aryl methyl sites for hydroxylation is 1. The molecule has 0 unspecified atom stereocenters. The lowest BCUT2D eigenvalue weighted by Gasteiger charge is -1.99. The third-order valence-corrected chi connectivity index (χ3v) is 2.04. The van der Waals surface area contributed by atoms with Gasteiger partial charge in [-0.25, -0.2) is 0 Å². The van der Waals surface area contributed by atoms with Gasteiger partial charge in [0.2, 0.25) is 5.82 Å². The second-order valence-electron chi connectivity index (χ2n) is 2.32. The second kappa shape index (κ2) is 3.10. The van der Waals surface area contributed by atoms with Gasteiger partial charge in [-0.3, -0.25) is 10.1 Å². The molecule has 1 rings (SSSR count). The van der Waals surface area contributed by atoms with Gasteiger partial charge in [0.05, 0.1) is 9.82 Å². The number of nitro benzene ring substituents is 1. The Kier molecular flexibility index (Phi) is 2.32. The zero-order chi connectivity index (χ0) is 9.30. The number of nitrogens with zero attached hydrogens (tertiary/aromatic N) is 1. The summed E-state index contributed by atoms with van der Waals surface area (Å²) >= 11 is 3.80. The largest absolute Gasteiger partial charge is 0.305 e. The van der Waals surface area contributed by atoms with Gasteiger partial charge in [-0.05, 0) is 12.5 Å². The molecule has 0 aromatic heterocycles. The van der Waals surface area contributed by atoms with Crippen LogP contribution in [0.1, 0.15) is 5.56 Å². The fraction of sp³-hybridized carbons (Fsp3) is 0.143. The molecule has 0 radical (unpaired) electrons. The van der Waals surface area contributed by atoms with E-state index in [1.807, 2.05) is 0 Å². The summed E-state index contributed by atoms with van der Waals surface area (Å²) in [7, 11) is 0. The first-order chi connectivity index (χ1) is 5.54. The summed E-state index contributed by atoms with van der Waals surface area (Å²) in [5.41, 5.74) is 0.0482. The number of thiol groups is 1. The molecule has 64 valence electrons. The van der Waals surface area contributed by atoms with Crippen LogP contribution in [-0.4, -0.2) is 4.92 Å². The van der Waals surface area contributed by atoms with E-state index in [0.29, 0.717) is 5.56 Å². The first-order valence-electron chi connectivity index (χ1n) is 3.16. The normalized spacial score (nSPS) is 9.92. The minimum Gasteiger partial charge on any atom is -0.258 e. The van der Waals surface area contributed by atoms with Crippen molar-refractivity contribution >= 4 is 18.3 Å². The zero-order valence-electron chi connectivity index (χ0n) is 6.24. The number of hydrogen-bond acceptors (Lipinski definition) is 3. The molecule has 0 spiro atoms. The summed E-state index contributed by atoms with van der Waals surface area (Å²) in [5, 5.41) is 10.2. The molecule has 0 aliphatic carbocycles. The summed E-state index contributed by atoms with van der Waals surface area (Å²) < 4.78 is 13.0. The Morgan fingerprint density at radius 3 is 2.67 bits per heavy atom. The lowest BCUT2D eigenvalue weighted by Crippen LogP contribution is -1.94. The molecule has 0 aliphatic heterocycles. The van der Waals surface area contributed by atoms with Crippen LogP contribution in [0.3, 0.4) is 0 Å². The van der Waals surface area contributed by atoms with Gasteiger partial charge >= 0.3 is 5.69 Å². The Balaban J connectivity index is 3.36. The smallest absolute Gasteiger partial charge is 0.258 e. The van der Waals surface area contributed by atoms with Crippen LogP contribution in [0.2, 0.25) is 0 Å². The molecular weight excluding hydrogens is 181 g/mol. The van der Waals surface area contributed by atoms with Crippen molar-refractivity contribution < 1.29 is 9.31 Å². The van der Waals surface area contributed by atoms with Gasteiger partial charge in [0, 0.05) is 6.07 Å². The van der Waals surface area contributed by atoms with Gasteiger partial charge < -0.3 is 0 Å². The van der Waals surface area contributed by atoms with E-state index in [-0.39, 0.29) is 4.90 Å². The van der Waals surface area contributed by atoms with Crippen molar-refractivity contribution in [3.05, 3.63) is 33.6 Å². The summed E-state index contributed by atoms with van der Waals surface area (Å²) in [4.78, 5) is 9.48. The SMILES string of the molecule is Cc1ccc([N+](=O)[O-])c(F)c1S. The van der Waals surface area contributed by atoms with Crippen LogP contribution in [0.5, 0.6) is 0 Å². The molecule has 0 aliphatic rings. The molecule has 0 amide bonds. The fourth-order valence-corrected chi connectivity index (χ4v) is 0.981. The van der Waals surface area contributed by atoms with Gasteiger partial charge in [-0.1, -0.05) is 6.07 Å². The average molecular weight is 187 g/mol. The third kappa shape index (κ3) is 1.40. The number of benzene rings is 1. The molecule has 0 atom stereocenters. The maximum absolute atomic E-state index is 13.0. The van der Waals surface area contributed by atoms with Crippen LogP contribution >= 0.6 is 12.6 Å². The zero-order valence-corrected chi connectivity index (χ0v) is 7.14. The van der Waals surface area contributed by atoms with Crippen molar-refractivity contribution in [1.29, 1.82) is 0 Å². The van der Waals surface area contributed by atoms with E-state index in [2.05, 4.69) is 12.6 Å². The highest BCUT2D eigenvalue weighted by Gasteiger charge is 2.16. The van der Waals surface area contributed by atoms with E-state index in [9.17, 15) is 14.5 Å². The van der Waals surface area contributed by atoms with Crippen molar-refractivity contribution in [2.45, 2.75) is 11.8 Å². The first kappa shape index (κ1) is 8.99. The van der Waals surface area contributed by atoms with E-state index < -0.39 is 16.4 Å². The van der Waals surface area contributed by atoms with Crippen molar-refractivity contribution in [3.8, 4) is 0 Å². The highest BCUT2D eigenvalue weighted by atomic mass is 32.1. The van der Waals surface area contributed by atoms with Crippen LogP contribution in [0.15, 0.2) is 17.0 Å². The quantitative estimate of drug-likeness (QED) is 0.416. The topological polar surface area (TPSA) is 43.1 Å². The Labute approximate surface area is 73.8 Å². The fourth-order valence-electron chi connectivity index (χ4n) is 0.791. The van der Waals surface area contributed by atoms with Gasteiger partial charge in [-0.15, -0.1) is 12.6 Å². The van der Waals surface area contributed by atoms with Crippen LogP contribution in [0.4, 0.5) is 10.1 Å². The number of hydrogen-bond donors (Lipinski definition) is 1. The van der Waals surface area contributed by atoms with Crippen LogP contribution in [0, 0.1) is 22.9 Å². The molecule has 12 heavy (non-hydrogen) atoms. The number of nitro groups is 1. The molecule has 0 fully saturated rings. The lowest BCUT2D eigenvalue weighted by molar-refractivity contribution is -0.387. The van der Waals surface area contributed by atoms with Crippen LogP contribution < -0.4 is 0 Å². The molecule has 0 bridgehead atoms. The average Bonchev–Trinajstić information content (AvgIpc) is 2.00. The van der Waals surface area contributed by atoms with Gasteiger partial charge in [0.15, 0.2) is 0 Å². The monoisotopic (exact) mass is 187 g/mol. The molecule has 0 heterocycles. The highest BCUT2D eigenvalue weighted by molar-refractivity contribution is 7.80. The molecule has 0 saturated carbocycles. The predicted octanol–water partition coefficient (Wildman–Crippen LogP) is 2.33. The molecular formula is C7H6FNO2S. The Bertz CT molecular complexity index is 340. The van der Waals surface area contributed by atoms with E-state index in [1.165, 1.54) is 6.07 Å². The number of rotatable bonds is 1. The maximum Gasteiger partial charge on any atom is 0.305 e. The molecule has 5 heteroatoms. The standard InChI is InChI=1S/C7H6FNO2S/c1-4-2-3-5(9(10)11)6(8)7(4)12/h2-3,12H,1H3. The third-order valence-electron chi connectivity index (χ3n) is 1.49. The summed E-state index contributed by atoms with van der Waals surface area (Å²) in [6.07, 6.45) is 0. The summed E-state index contributed by atoms with van der Waals surface area (Å²) in [6, 6.07) is 2.59. The second-order valence-corrected chi connectivity index (χ2v) is 2.77. The van der Waals surface area contributed by atoms with Crippen molar-refractivity contribution in [2.75, 3.05) is 0 Å². The maximum atomic E-state index is 13.0. The highest BCUT2D eigenvalue weighted by Crippen LogP contribution is 2.25. The van der Waals surface area contributed by atoms with E-state index in [0.717, 1.165) is 6.07 Å². The number of halogens is 1. The van der Waals surface area contributed by atoms with Crippen LogP contribution in [0.25, 0.3) is 0 Å². The van der Waals surface area contributed by atoms with E-state index >= 15 is 0 Å². The van der Waals surface area contributed by atoms with Crippen molar-refractivity contribution in [1.82, 2.24) is 0 Å². The van der Waals surface area contributed by atoms with Gasteiger partial charge in [-0.2, -0.15) is 4.39 Å². The predicted molar refractivity (Wildman–Crippen MR) is 45.0 cm³/mol. The molecule has 3 nitrogen and oxygen atoms in total. The molecule has 1 aromatic carbocycles. The van der Waals surface area contributed by atoms with Gasteiger partial charge in [0.25, 0.3) is 0 Å². The van der Waals surface area contributed by atoms with Crippen molar-refractivity contribution in [3.63, 3.8) is 0 Å². The Morgan fingerprint density at radius 2 is 2.17 bits per heavy atom.